The molecular formula is C13H28Cl2N4. The lowest BCUT2D eigenvalue weighted by Crippen LogP contribution is -2.31. The summed E-state index contributed by atoms with van der Waals surface area (Å²) in [4.78, 5) is 2.43. The lowest BCUT2D eigenvalue weighted by molar-refractivity contribution is 0.302. The summed E-state index contributed by atoms with van der Waals surface area (Å²) in [7, 11) is 0. The van der Waals surface area contributed by atoms with Crippen molar-refractivity contribution in [2.24, 2.45) is 0 Å². The molecule has 1 N–H and O–H groups in total. The molecule has 0 unspecified atom stereocenters. The first-order chi connectivity index (χ1) is 8.21. The van der Waals surface area contributed by atoms with Crippen molar-refractivity contribution in [3.8, 4) is 0 Å². The number of aryl methyl sites for hydroxylation is 2. The molecule has 0 aromatic carbocycles. The highest BCUT2D eigenvalue weighted by Crippen LogP contribution is 2.04. The van der Waals surface area contributed by atoms with Crippen LogP contribution in [-0.4, -0.2) is 40.9 Å². The molecule has 0 saturated carbocycles. The molecule has 0 bridgehead atoms. The molecule has 0 spiro atoms. The molecule has 0 aliphatic carbocycles. The van der Waals surface area contributed by atoms with Crippen molar-refractivity contribution in [1.29, 1.82) is 0 Å². The van der Waals surface area contributed by atoms with Gasteiger partial charge in [0.05, 0.1) is 5.69 Å². The highest BCUT2D eigenvalue weighted by molar-refractivity contribution is 5.85. The summed E-state index contributed by atoms with van der Waals surface area (Å²) in [5.41, 5.74) is 2.45. The van der Waals surface area contributed by atoms with Gasteiger partial charge in [0.1, 0.15) is 0 Å². The van der Waals surface area contributed by atoms with Crippen LogP contribution >= 0.6 is 24.8 Å². The van der Waals surface area contributed by atoms with Gasteiger partial charge in [0.25, 0.3) is 0 Å². The van der Waals surface area contributed by atoms with Gasteiger partial charge < -0.3 is 10.2 Å². The largest absolute Gasteiger partial charge is 0.311 e. The minimum absolute atomic E-state index is 0. The zero-order valence-electron chi connectivity index (χ0n) is 12.5. The fourth-order valence-electron chi connectivity index (χ4n) is 1.89. The Balaban J connectivity index is 0. The van der Waals surface area contributed by atoms with Crippen LogP contribution in [-0.2, 0) is 13.1 Å². The summed E-state index contributed by atoms with van der Waals surface area (Å²) in [6, 6.07) is 0. The standard InChI is InChI=1S/C13H26N4.2ClH/c1-5-16(6-2)9-8-14-10-13-11-17(7-3)15-12(13)4;;/h11,14H,5-10H2,1-4H3;2*1H. The van der Waals surface area contributed by atoms with Crippen LogP contribution in [0.25, 0.3) is 0 Å². The first kappa shape index (κ1) is 21.0. The van der Waals surface area contributed by atoms with Crippen molar-refractivity contribution in [3.05, 3.63) is 17.5 Å². The van der Waals surface area contributed by atoms with Gasteiger partial charge in [-0.15, -0.1) is 24.8 Å². The number of nitrogens with zero attached hydrogens (tertiary/aromatic N) is 3. The Morgan fingerprint density at radius 3 is 2.32 bits per heavy atom. The van der Waals surface area contributed by atoms with Crippen LogP contribution in [0.5, 0.6) is 0 Å². The van der Waals surface area contributed by atoms with E-state index in [0.717, 1.165) is 45.0 Å². The first-order valence-electron chi connectivity index (χ1n) is 6.67. The predicted octanol–water partition coefficient (Wildman–Crippen LogP) is 2.49. The second-order valence-electron chi connectivity index (χ2n) is 4.30. The van der Waals surface area contributed by atoms with Crippen LogP contribution in [0.1, 0.15) is 32.0 Å². The molecule has 4 nitrogen and oxygen atoms in total. The summed E-state index contributed by atoms with van der Waals surface area (Å²) in [5, 5.41) is 7.93. The molecule has 0 atom stereocenters. The molecule has 0 aliphatic rings. The van der Waals surface area contributed by atoms with Crippen LogP contribution in [0.3, 0.4) is 0 Å². The molecule has 0 fully saturated rings. The summed E-state index contributed by atoms with van der Waals surface area (Å²) in [6.45, 7) is 14.9. The minimum Gasteiger partial charge on any atom is -0.311 e. The van der Waals surface area contributed by atoms with Gasteiger partial charge in [-0.2, -0.15) is 5.10 Å². The summed E-state index contributed by atoms with van der Waals surface area (Å²) >= 11 is 0. The summed E-state index contributed by atoms with van der Waals surface area (Å²) < 4.78 is 2.00. The van der Waals surface area contributed by atoms with E-state index in [4.69, 9.17) is 0 Å². The van der Waals surface area contributed by atoms with Crippen LogP contribution < -0.4 is 5.32 Å². The Labute approximate surface area is 129 Å². The number of likely N-dealkylation sites (N-methyl/N-ethyl adjacent to an activating group) is 1. The maximum atomic E-state index is 4.44. The molecule has 0 radical (unpaired) electrons. The average Bonchev–Trinajstić information content (AvgIpc) is 2.70. The Bertz CT molecular complexity index is 324. The van der Waals surface area contributed by atoms with E-state index in [1.54, 1.807) is 0 Å². The number of rotatable bonds is 8. The SMILES string of the molecule is CCN(CC)CCNCc1cn(CC)nc1C.Cl.Cl. The monoisotopic (exact) mass is 310 g/mol. The second-order valence-corrected chi connectivity index (χ2v) is 4.30. The zero-order valence-corrected chi connectivity index (χ0v) is 14.1. The fraction of sp³-hybridized carbons (Fsp3) is 0.769. The summed E-state index contributed by atoms with van der Waals surface area (Å²) in [6.07, 6.45) is 2.14. The second kappa shape index (κ2) is 11.5. The van der Waals surface area contributed by atoms with E-state index in [1.165, 1.54) is 5.56 Å². The molecule has 1 rings (SSSR count). The third-order valence-electron chi connectivity index (χ3n) is 3.19. The number of aromatic nitrogens is 2. The van der Waals surface area contributed by atoms with Crippen LogP contribution in [0.4, 0.5) is 0 Å². The maximum absolute atomic E-state index is 4.44. The Kier molecular flexibility index (Phi) is 12.8. The lowest BCUT2D eigenvalue weighted by Gasteiger charge is -2.17. The molecule has 0 saturated heterocycles. The lowest BCUT2D eigenvalue weighted by atomic mass is 10.2. The molecule has 0 aliphatic heterocycles. The Morgan fingerprint density at radius 2 is 1.84 bits per heavy atom. The van der Waals surface area contributed by atoms with E-state index in [9.17, 15) is 0 Å². The Hall–Kier alpha value is -0.290. The average molecular weight is 311 g/mol. The van der Waals surface area contributed by atoms with Gasteiger partial charge in [-0.05, 0) is 26.9 Å². The topological polar surface area (TPSA) is 33.1 Å². The van der Waals surface area contributed by atoms with Gasteiger partial charge >= 0.3 is 0 Å². The minimum atomic E-state index is 0. The molecule has 6 heteroatoms. The van der Waals surface area contributed by atoms with Gasteiger partial charge in [-0.3, -0.25) is 4.68 Å². The van der Waals surface area contributed by atoms with E-state index < -0.39 is 0 Å². The Morgan fingerprint density at radius 1 is 1.21 bits per heavy atom. The first-order valence-corrected chi connectivity index (χ1v) is 6.67. The number of hydrogen-bond donors (Lipinski definition) is 1. The van der Waals surface area contributed by atoms with E-state index in [0.29, 0.717) is 0 Å². The highest BCUT2D eigenvalue weighted by atomic mass is 35.5. The fourth-order valence-corrected chi connectivity index (χ4v) is 1.89. The molecule has 1 heterocycles. The van der Waals surface area contributed by atoms with Gasteiger partial charge in [0, 0.05) is 37.9 Å². The molecule has 114 valence electrons. The normalized spacial score (nSPS) is 10.2. The number of nitrogens with one attached hydrogen (secondary N) is 1. The molecule has 19 heavy (non-hydrogen) atoms. The number of halogens is 2. The van der Waals surface area contributed by atoms with Crippen molar-refractivity contribution < 1.29 is 0 Å². The van der Waals surface area contributed by atoms with Gasteiger partial charge in [0.2, 0.25) is 0 Å². The van der Waals surface area contributed by atoms with Crippen molar-refractivity contribution in [2.75, 3.05) is 26.2 Å². The third kappa shape index (κ3) is 7.16. The van der Waals surface area contributed by atoms with Crippen molar-refractivity contribution >= 4 is 24.8 Å². The van der Waals surface area contributed by atoms with Gasteiger partial charge in [-0.25, -0.2) is 0 Å². The van der Waals surface area contributed by atoms with Crippen molar-refractivity contribution in [3.63, 3.8) is 0 Å². The van der Waals surface area contributed by atoms with Gasteiger partial charge in [0.15, 0.2) is 0 Å². The van der Waals surface area contributed by atoms with E-state index in [2.05, 4.69) is 49.2 Å². The molecule has 1 aromatic rings. The quantitative estimate of drug-likeness (QED) is 0.749. The highest BCUT2D eigenvalue weighted by Gasteiger charge is 2.03. The van der Waals surface area contributed by atoms with Crippen LogP contribution in [0, 0.1) is 6.92 Å². The van der Waals surface area contributed by atoms with E-state index in [-0.39, 0.29) is 24.8 Å². The smallest absolute Gasteiger partial charge is 0.0638 e. The van der Waals surface area contributed by atoms with Gasteiger partial charge in [-0.1, -0.05) is 13.8 Å². The molecule has 0 amide bonds. The maximum Gasteiger partial charge on any atom is 0.0638 e. The third-order valence-corrected chi connectivity index (χ3v) is 3.19. The molecular weight excluding hydrogens is 283 g/mol. The zero-order chi connectivity index (χ0) is 12.7. The van der Waals surface area contributed by atoms with Crippen molar-refractivity contribution in [2.45, 2.75) is 40.8 Å². The van der Waals surface area contributed by atoms with Crippen molar-refractivity contribution in [1.82, 2.24) is 20.0 Å². The van der Waals surface area contributed by atoms with E-state index >= 15 is 0 Å². The van der Waals surface area contributed by atoms with Crippen LogP contribution in [0.2, 0.25) is 0 Å². The predicted molar refractivity (Wildman–Crippen MR) is 86.6 cm³/mol. The summed E-state index contributed by atoms with van der Waals surface area (Å²) in [5.74, 6) is 0. The number of hydrogen-bond acceptors (Lipinski definition) is 3. The molecule has 1 aromatic heterocycles. The van der Waals surface area contributed by atoms with E-state index in [1.807, 2.05) is 4.68 Å². The van der Waals surface area contributed by atoms with Crippen LogP contribution in [0.15, 0.2) is 6.20 Å².